The molecule has 1 N–H and O–H groups in total. The molecule has 3 heterocycles. The quantitative estimate of drug-likeness (QED) is 0.376. The molecule has 1 unspecified atom stereocenters. The van der Waals surface area contributed by atoms with Gasteiger partial charge in [-0.3, -0.25) is 14.5 Å². The van der Waals surface area contributed by atoms with Gasteiger partial charge in [0.1, 0.15) is 28.3 Å². The maximum atomic E-state index is 12.9. The number of anilines is 1. The second-order valence-corrected chi connectivity index (χ2v) is 8.14. The fourth-order valence-corrected chi connectivity index (χ4v) is 3.96. The number of benzene rings is 1. The zero-order chi connectivity index (χ0) is 21.4. The van der Waals surface area contributed by atoms with Crippen LogP contribution in [0.5, 0.6) is 5.75 Å². The molecule has 1 amide bonds. The van der Waals surface area contributed by atoms with Crippen LogP contribution in [0.1, 0.15) is 36.2 Å². The maximum absolute atomic E-state index is 12.9. The van der Waals surface area contributed by atoms with Gasteiger partial charge in [-0.05, 0) is 57.2 Å². The summed E-state index contributed by atoms with van der Waals surface area (Å²) in [4.78, 5) is 27.0. The highest BCUT2D eigenvalue weighted by Crippen LogP contribution is 2.43. The topological polar surface area (TPSA) is 106 Å². The molecule has 1 aliphatic rings. The number of hydrogen-bond acceptors (Lipinski definition) is 8. The number of carbonyl (C=O) groups excluding carboxylic acids is 2. The van der Waals surface area contributed by atoms with Crippen molar-refractivity contribution < 1.29 is 23.8 Å². The first-order valence-corrected chi connectivity index (χ1v) is 10.1. The number of ether oxygens (including phenoxy) is 1. The molecular formula is C21H19N3O5S. The molecule has 9 heteroatoms. The van der Waals surface area contributed by atoms with Crippen LogP contribution in [0.2, 0.25) is 0 Å². The van der Waals surface area contributed by atoms with Crippen molar-refractivity contribution in [1.29, 1.82) is 0 Å². The summed E-state index contributed by atoms with van der Waals surface area (Å²) >= 11 is 1.18. The second kappa shape index (κ2) is 7.75. The lowest BCUT2D eigenvalue weighted by Crippen LogP contribution is -2.29. The van der Waals surface area contributed by atoms with E-state index in [2.05, 4.69) is 10.2 Å². The van der Waals surface area contributed by atoms with Crippen molar-refractivity contribution >= 4 is 33.9 Å². The van der Waals surface area contributed by atoms with E-state index >= 15 is 0 Å². The molecule has 0 saturated carbocycles. The number of Topliss-reactive ketones (excluding diaryl/α,β-unsaturated/α-hetero) is 1. The number of aliphatic hydroxyl groups is 1. The molecule has 1 aromatic carbocycles. The van der Waals surface area contributed by atoms with Gasteiger partial charge in [0.2, 0.25) is 5.13 Å². The first-order valence-electron chi connectivity index (χ1n) is 9.28. The monoisotopic (exact) mass is 425 g/mol. The van der Waals surface area contributed by atoms with Gasteiger partial charge in [0.05, 0.1) is 17.9 Å². The van der Waals surface area contributed by atoms with Crippen molar-refractivity contribution in [3.63, 3.8) is 0 Å². The second-order valence-electron chi connectivity index (χ2n) is 6.98. The van der Waals surface area contributed by atoms with Crippen molar-refractivity contribution in [3.05, 3.63) is 64.6 Å². The Bertz CT molecular complexity index is 1120. The minimum atomic E-state index is -0.945. The summed E-state index contributed by atoms with van der Waals surface area (Å²) in [7, 11) is 0. The highest BCUT2D eigenvalue weighted by atomic mass is 32.1. The van der Waals surface area contributed by atoms with Crippen LogP contribution < -0.4 is 9.64 Å². The van der Waals surface area contributed by atoms with E-state index < -0.39 is 17.7 Å². The molecule has 1 atom stereocenters. The fourth-order valence-electron chi connectivity index (χ4n) is 3.25. The van der Waals surface area contributed by atoms with E-state index in [-0.39, 0.29) is 22.6 Å². The van der Waals surface area contributed by atoms with E-state index in [0.717, 1.165) is 0 Å². The van der Waals surface area contributed by atoms with Gasteiger partial charge < -0.3 is 14.3 Å². The molecule has 1 aliphatic heterocycles. The first-order chi connectivity index (χ1) is 14.4. The van der Waals surface area contributed by atoms with Crippen molar-refractivity contribution in [2.75, 3.05) is 4.90 Å². The molecule has 0 bridgehead atoms. The third-order valence-electron chi connectivity index (χ3n) is 4.48. The van der Waals surface area contributed by atoms with Gasteiger partial charge >= 0.3 is 5.91 Å². The van der Waals surface area contributed by atoms with Crippen LogP contribution in [-0.2, 0) is 9.59 Å². The summed E-state index contributed by atoms with van der Waals surface area (Å²) in [5.41, 5.74) is 0.314. The number of rotatable bonds is 5. The Kier molecular flexibility index (Phi) is 5.13. The third-order valence-corrected chi connectivity index (χ3v) is 5.32. The summed E-state index contributed by atoms with van der Waals surface area (Å²) in [6, 6.07) is 9.01. The molecule has 4 rings (SSSR count). The largest absolute Gasteiger partial charge is 0.507 e. The van der Waals surface area contributed by atoms with Crippen molar-refractivity contribution in [3.8, 4) is 5.75 Å². The van der Waals surface area contributed by atoms with E-state index in [4.69, 9.17) is 9.15 Å². The Morgan fingerprint density at radius 3 is 2.50 bits per heavy atom. The number of amides is 1. The van der Waals surface area contributed by atoms with Crippen LogP contribution in [0.3, 0.4) is 0 Å². The summed E-state index contributed by atoms with van der Waals surface area (Å²) in [5.74, 6) is -0.940. The summed E-state index contributed by atoms with van der Waals surface area (Å²) in [5, 5.41) is 19.8. The predicted octanol–water partition coefficient (Wildman–Crippen LogP) is 3.85. The van der Waals surface area contributed by atoms with Gasteiger partial charge in [0.15, 0.2) is 0 Å². The minimum Gasteiger partial charge on any atom is -0.507 e. The Balaban J connectivity index is 1.82. The zero-order valence-electron chi connectivity index (χ0n) is 16.5. The number of hydrogen-bond donors (Lipinski definition) is 1. The number of aliphatic hydroxyl groups excluding tert-OH is 1. The standard InChI is InChI=1S/C21H19N3O5S/c1-11(2)29-14-8-6-13(7-9-14)18(25)16-17(15-5-4-10-28-15)24(20(27)19(16)26)21-23-22-12(3)30-21/h4-11,17,25H,1-3H3. The Morgan fingerprint density at radius 1 is 1.20 bits per heavy atom. The van der Waals surface area contributed by atoms with E-state index in [1.165, 1.54) is 22.5 Å². The van der Waals surface area contributed by atoms with Gasteiger partial charge in [-0.25, -0.2) is 0 Å². The van der Waals surface area contributed by atoms with Crippen molar-refractivity contribution in [2.24, 2.45) is 0 Å². The average molecular weight is 425 g/mol. The third kappa shape index (κ3) is 3.48. The van der Waals surface area contributed by atoms with E-state index in [0.29, 0.717) is 22.1 Å². The number of aryl methyl sites for hydroxylation is 1. The lowest BCUT2D eigenvalue weighted by atomic mass is 9.99. The SMILES string of the molecule is Cc1nnc(N2C(=O)C(=O)C(=C(O)c3ccc(OC(C)C)cc3)C2c2ccco2)s1. The molecule has 30 heavy (non-hydrogen) atoms. The zero-order valence-corrected chi connectivity index (χ0v) is 17.3. The molecule has 0 aliphatic carbocycles. The smallest absolute Gasteiger partial charge is 0.302 e. The van der Waals surface area contributed by atoms with Gasteiger partial charge in [0, 0.05) is 5.56 Å². The lowest BCUT2D eigenvalue weighted by molar-refractivity contribution is -0.132. The molecule has 0 spiro atoms. The summed E-state index contributed by atoms with van der Waals surface area (Å²) < 4.78 is 11.1. The van der Waals surface area contributed by atoms with Crippen LogP contribution in [0, 0.1) is 6.92 Å². The van der Waals surface area contributed by atoms with Crippen LogP contribution in [0.25, 0.3) is 5.76 Å². The van der Waals surface area contributed by atoms with Crippen LogP contribution in [-0.4, -0.2) is 33.1 Å². The fraction of sp³-hybridized carbons (Fsp3) is 0.238. The van der Waals surface area contributed by atoms with Gasteiger partial charge in [0.25, 0.3) is 5.78 Å². The van der Waals surface area contributed by atoms with Crippen molar-refractivity contribution in [2.45, 2.75) is 32.9 Å². The number of ketones is 1. The van der Waals surface area contributed by atoms with Crippen LogP contribution in [0.15, 0.2) is 52.7 Å². The van der Waals surface area contributed by atoms with Gasteiger partial charge in [-0.15, -0.1) is 10.2 Å². The van der Waals surface area contributed by atoms with E-state index in [1.54, 1.807) is 43.3 Å². The Hall–Kier alpha value is -3.46. The number of furan rings is 1. The normalized spacial score (nSPS) is 18.4. The van der Waals surface area contributed by atoms with E-state index in [1.807, 2.05) is 13.8 Å². The highest BCUT2D eigenvalue weighted by molar-refractivity contribution is 7.15. The molecule has 1 saturated heterocycles. The van der Waals surface area contributed by atoms with Gasteiger partial charge in [-0.2, -0.15) is 0 Å². The number of aromatic nitrogens is 2. The first kappa shape index (κ1) is 19.8. The molecule has 2 aromatic heterocycles. The Morgan fingerprint density at radius 2 is 1.93 bits per heavy atom. The average Bonchev–Trinajstić information content (AvgIpc) is 3.43. The maximum Gasteiger partial charge on any atom is 0.302 e. The summed E-state index contributed by atoms with van der Waals surface area (Å²) in [6.07, 6.45) is 1.45. The summed E-state index contributed by atoms with van der Waals surface area (Å²) in [6.45, 7) is 5.57. The number of nitrogens with zero attached hydrogens (tertiary/aromatic N) is 3. The number of carbonyl (C=O) groups is 2. The molecular weight excluding hydrogens is 406 g/mol. The molecule has 154 valence electrons. The van der Waals surface area contributed by atoms with Gasteiger partial charge in [-0.1, -0.05) is 11.3 Å². The lowest BCUT2D eigenvalue weighted by Gasteiger charge is -2.20. The predicted molar refractivity (Wildman–Crippen MR) is 110 cm³/mol. The Labute approximate surface area is 176 Å². The van der Waals surface area contributed by atoms with Crippen LogP contribution in [0.4, 0.5) is 5.13 Å². The molecule has 8 nitrogen and oxygen atoms in total. The molecule has 1 fully saturated rings. The molecule has 0 radical (unpaired) electrons. The highest BCUT2D eigenvalue weighted by Gasteiger charge is 2.49. The minimum absolute atomic E-state index is 0.00378. The van der Waals surface area contributed by atoms with Crippen molar-refractivity contribution in [1.82, 2.24) is 10.2 Å². The molecule has 3 aromatic rings. The van der Waals surface area contributed by atoms with E-state index in [9.17, 15) is 14.7 Å². The van der Waals surface area contributed by atoms with Crippen LogP contribution >= 0.6 is 11.3 Å².